The Morgan fingerprint density at radius 3 is 2.39 bits per heavy atom. The maximum atomic E-state index is 11.4. The summed E-state index contributed by atoms with van der Waals surface area (Å²) in [4.78, 5) is 32.4. The summed E-state index contributed by atoms with van der Waals surface area (Å²) in [6.07, 6.45) is 0.633. The maximum Gasteiger partial charge on any atom is 0.341 e. The number of hydrogen-bond donors (Lipinski definition) is 4. The van der Waals surface area contributed by atoms with Gasteiger partial charge in [-0.05, 0) is 5.56 Å². The minimum absolute atomic E-state index is 0.00802. The molecule has 4 N–H and O–H groups in total. The van der Waals surface area contributed by atoms with Crippen LogP contribution in [-0.2, 0) is 9.59 Å². The Kier molecular flexibility index (Phi) is 4.01. The molecule has 0 amide bonds. The SMILES string of the molecule is O=C(O)C1=CN(O)C(c2cccc([N+](=O)[O-])c2)C(C(=O)O)=C1O. The van der Waals surface area contributed by atoms with Crippen molar-refractivity contribution in [2.75, 3.05) is 0 Å². The van der Waals surface area contributed by atoms with Crippen LogP contribution in [0.15, 0.2) is 47.4 Å². The van der Waals surface area contributed by atoms with Crippen molar-refractivity contribution in [2.24, 2.45) is 0 Å². The van der Waals surface area contributed by atoms with Gasteiger partial charge in [-0.3, -0.25) is 20.4 Å². The summed E-state index contributed by atoms with van der Waals surface area (Å²) in [5, 5.41) is 49.0. The summed E-state index contributed by atoms with van der Waals surface area (Å²) in [5.74, 6) is -4.35. The fraction of sp³-hybridized carbons (Fsp3) is 0.0769. The van der Waals surface area contributed by atoms with Crippen molar-refractivity contribution in [1.29, 1.82) is 0 Å². The first-order chi connectivity index (χ1) is 10.7. The quantitative estimate of drug-likeness (QED) is 0.471. The fourth-order valence-corrected chi connectivity index (χ4v) is 2.18. The fourth-order valence-electron chi connectivity index (χ4n) is 2.18. The number of carboxylic acids is 2. The third-order valence-electron chi connectivity index (χ3n) is 3.17. The highest BCUT2D eigenvalue weighted by Crippen LogP contribution is 2.36. The van der Waals surface area contributed by atoms with Gasteiger partial charge in [0.25, 0.3) is 5.69 Å². The lowest BCUT2D eigenvalue weighted by Crippen LogP contribution is -2.32. The second kappa shape index (κ2) is 5.77. The van der Waals surface area contributed by atoms with Crippen LogP contribution in [-0.4, -0.2) is 42.5 Å². The summed E-state index contributed by atoms with van der Waals surface area (Å²) < 4.78 is 0. The van der Waals surface area contributed by atoms with Crippen molar-refractivity contribution in [2.45, 2.75) is 6.04 Å². The van der Waals surface area contributed by atoms with Crippen LogP contribution in [0.3, 0.4) is 0 Å². The van der Waals surface area contributed by atoms with Crippen molar-refractivity contribution < 1.29 is 35.0 Å². The van der Waals surface area contributed by atoms with Crippen LogP contribution in [0.1, 0.15) is 11.6 Å². The van der Waals surface area contributed by atoms with E-state index in [1.807, 2.05) is 0 Å². The van der Waals surface area contributed by atoms with E-state index in [0.717, 1.165) is 12.1 Å². The molecule has 1 unspecified atom stereocenters. The van der Waals surface area contributed by atoms with E-state index in [2.05, 4.69) is 0 Å². The van der Waals surface area contributed by atoms with Crippen molar-refractivity contribution >= 4 is 17.6 Å². The normalized spacial score (nSPS) is 17.7. The van der Waals surface area contributed by atoms with Crippen LogP contribution in [0.5, 0.6) is 0 Å². The molecule has 1 aromatic rings. The van der Waals surface area contributed by atoms with E-state index in [-0.39, 0.29) is 16.3 Å². The number of nitrogens with zero attached hydrogens (tertiary/aromatic N) is 2. The third kappa shape index (κ3) is 2.82. The molecule has 1 aromatic carbocycles. The van der Waals surface area contributed by atoms with E-state index < -0.39 is 39.8 Å². The zero-order valence-electron chi connectivity index (χ0n) is 11.3. The Labute approximate surface area is 127 Å². The molecule has 10 heteroatoms. The number of rotatable bonds is 4. The number of nitro groups is 1. The standard InChI is InChI=1S/C13H10N2O8/c16-11-8(12(17)18)5-14(21)10(9(11)13(19)20)6-2-1-3-7(4-6)15(22)23/h1-5,10,16,21H,(H,17,18)(H,19,20). The first-order valence-electron chi connectivity index (χ1n) is 6.07. The average Bonchev–Trinajstić information content (AvgIpc) is 2.48. The number of aliphatic hydroxyl groups excluding tert-OH is 1. The highest BCUT2D eigenvalue weighted by atomic mass is 16.6. The number of aliphatic hydroxyl groups is 1. The molecule has 0 bridgehead atoms. The van der Waals surface area contributed by atoms with E-state index in [1.54, 1.807) is 0 Å². The minimum Gasteiger partial charge on any atom is -0.506 e. The van der Waals surface area contributed by atoms with Gasteiger partial charge in [-0.15, -0.1) is 0 Å². The molecule has 0 saturated heterocycles. The van der Waals surface area contributed by atoms with Crippen molar-refractivity contribution in [3.8, 4) is 0 Å². The number of non-ortho nitro benzene ring substituents is 1. The monoisotopic (exact) mass is 322 g/mol. The van der Waals surface area contributed by atoms with Gasteiger partial charge in [-0.1, -0.05) is 12.1 Å². The largest absolute Gasteiger partial charge is 0.506 e. The number of carbonyl (C=O) groups is 2. The molecular weight excluding hydrogens is 312 g/mol. The van der Waals surface area contributed by atoms with Crippen LogP contribution >= 0.6 is 0 Å². The third-order valence-corrected chi connectivity index (χ3v) is 3.17. The number of carboxylic acid groups (broad SMARTS) is 2. The molecule has 1 aliphatic rings. The topological polar surface area (TPSA) is 161 Å². The Balaban J connectivity index is 2.62. The Hall–Kier alpha value is -3.40. The molecule has 0 fully saturated rings. The van der Waals surface area contributed by atoms with Gasteiger partial charge in [-0.25, -0.2) is 9.59 Å². The molecule has 0 aliphatic carbocycles. The summed E-state index contributed by atoms with van der Waals surface area (Å²) in [6, 6.07) is 3.25. The van der Waals surface area contributed by atoms with Gasteiger partial charge in [0.15, 0.2) is 0 Å². The Morgan fingerprint density at radius 1 is 1.22 bits per heavy atom. The molecule has 1 aliphatic heterocycles. The van der Waals surface area contributed by atoms with Crippen molar-refractivity contribution in [1.82, 2.24) is 5.06 Å². The maximum absolute atomic E-state index is 11.4. The lowest BCUT2D eigenvalue weighted by Gasteiger charge is -2.30. The Morgan fingerprint density at radius 2 is 1.87 bits per heavy atom. The lowest BCUT2D eigenvalue weighted by molar-refractivity contribution is -0.385. The van der Waals surface area contributed by atoms with Gasteiger partial charge in [-0.2, -0.15) is 0 Å². The smallest absolute Gasteiger partial charge is 0.341 e. The second-order valence-corrected chi connectivity index (χ2v) is 4.55. The Bertz CT molecular complexity index is 767. The van der Waals surface area contributed by atoms with Gasteiger partial charge < -0.3 is 15.3 Å². The predicted octanol–water partition coefficient (Wildman–Crippen LogP) is 1.21. The summed E-state index contributed by atoms with van der Waals surface area (Å²) in [6.45, 7) is 0. The molecule has 0 saturated carbocycles. The first kappa shape index (κ1) is 16.0. The van der Waals surface area contributed by atoms with Crippen molar-refractivity contribution in [3.63, 3.8) is 0 Å². The van der Waals surface area contributed by atoms with Gasteiger partial charge in [0, 0.05) is 18.3 Å². The molecule has 1 heterocycles. The summed E-state index contributed by atoms with van der Waals surface area (Å²) in [7, 11) is 0. The molecule has 0 spiro atoms. The van der Waals surface area contributed by atoms with E-state index in [1.165, 1.54) is 12.1 Å². The van der Waals surface area contributed by atoms with Crippen LogP contribution in [0.4, 0.5) is 5.69 Å². The summed E-state index contributed by atoms with van der Waals surface area (Å²) in [5.41, 5.74) is -1.99. The molecule has 1 atom stereocenters. The minimum atomic E-state index is -1.68. The number of hydroxylamine groups is 2. The number of aliphatic carboxylic acids is 2. The molecule has 120 valence electrons. The van der Waals surface area contributed by atoms with Crippen LogP contribution in [0.25, 0.3) is 0 Å². The number of nitro benzene ring substituents is 1. The number of hydrogen-bond acceptors (Lipinski definition) is 7. The highest BCUT2D eigenvalue weighted by molar-refractivity contribution is 5.97. The van der Waals surface area contributed by atoms with E-state index in [0.29, 0.717) is 6.20 Å². The highest BCUT2D eigenvalue weighted by Gasteiger charge is 2.37. The molecule has 23 heavy (non-hydrogen) atoms. The molecule has 10 nitrogen and oxygen atoms in total. The lowest BCUT2D eigenvalue weighted by atomic mass is 9.92. The zero-order chi connectivity index (χ0) is 17.3. The molecule has 2 rings (SSSR count). The second-order valence-electron chi connectivity index (χ2n) is 4.55. The van der Waals surface area contributed by atoms with Crippen LogP contribution in [0, 0.1) is 10.1 Å². The van der Waals surface area contributed by atoms with Crippen molar-refractivity contribution in [3.05, 3.63) is 63.0 Å². The van der Waals surface area contributed by atoms with E-state index in [4.69, 9.17) is 5.11 Å². The molecular formula is C13H10N2O8. The first-order valence-corrected chi connectivity index (χ1v) is 6.07. The average molecular weight is 322 g/mol. The summed E-state index contributed by atoms with van der Waals surface area (Å²) >= 11 is 0. The molecule has 0 aromatic heterocycles. The van der Waals surface area contributed by atoms with Gasteiger partial charge >= 0.3 is 11.9 Å². The van der Waals surface area contributed by atoms with Crippen LogP contribution < -0.4 is 0 Å². The van der Waals surface area contributed by atoms with Gasteiger partial charge in [0.2, 0.25) is 0 Å². The zero-order valence-corrected chi connectivity index (χ0v) is 11.3. The van der Waals surface area contributed by atoms with Gasteiger partial charge in [0.05, 0.1) is 4.92 Å². The van der Waals surface area contributed by atoms with Gasteiger partial charge in [0.1, 0.15) is 22.9 Å². The predicted molar refractivity (Wildman–Crippen MR) is 72.5 cm³/mol. The molecule has 0 radical (unpaired) electrons. The number of benzene rings is 1. The van der Waals surface area contributed by atoms with E-state index >= 15 is 0 Å². The van der Waals surface area contributed by atoms with E-state index in [9.17, 15) is 35.1 Å². The van der Waals surface area contributed by atoms with Crippen LogP contribution in [0.2, 0.25) is 0 Å².